The largest absolute Gasteiger partial charge is 0.455 e. The minimum Gasteiger partial charge on any atom is -0.455 e. The van der Waals surface area contributed by atoms with E-state index in [0.717, 1.165) is 67.6 Å². The molecule has 6 aliphatic heterocycles. The van der Waals surface area contributed by atoms with Gasteiger partial charge >= 0.3 is 27.7 Å². The van der Waals surface area contributed by atoms with Gasteiger partial charge in [0.25, 0.3) is 0 Å². The highest BCUT2D eigenvalue weighted by molar-refractivity contribution is 6.83. The second-order valence-corrected chi connectivity index (χ2v) is 37.0. The molecule has 0 N–H and O–H groups in total. The molecule has 19 heteroatoms. The lowest BCUT2D eigenvalue weighted by Crippen LogP contribution is -2.63. The van der Waals surface area contributed by atoms with Crippen LogP contribution in [0.3, 0.4) is 0 Å². The maximum absolute atomic E-state index is 6.27. The summed E-state index contributed by atoms with van der Waals surface area (Å²) in [5.41, 5.74) is 27.3. The molecule has 1 fully saturated rings. The topological polar surface area (TPSA) is 92.9 Å². The molecule has 0 saturated carbocycles. The van der Waals surface area contributed by atoms with Crippen molar-refractivity contribution in [2.24, 2.45) is 19.5 Å². The Morgan fingerprint density at radius 2 is 0.815 bits per heavy atom. The van der Waals surface area contributed by atoms with Crippen molar-refractivity contribution in [3.05, 3.63) is 262 Å². The maximum atomic E-state index is 6.27. The molecule has 1 saturated heterocycles. The van der Waals surface area contributed by atoms with Crippen molar-refractivity contribution in [2.45, 2.75) is 172 Å². The molecule has 119 heavy (non-hydrogen) atoms. The van der Waals surface area contributed by atoms with Gasteiger partial charge in [0.2, 0.25) is 11.4 Å². The number of hydrogen-bond donors (Lipinski definition) is 0. The number of para-hydroxylation sites is 5. The lowest BCUT2D eigenvalue weighted by atomic mass is 9.51. The summed E-state index contributed by atoms with van der Waals surface area (Å²) in [5.74, 6) is 5.43. The summed E-state index contributed by atoms with van der Waals surface area (Å²) >= 11 is 0. The molecule has 6 aromatic heterocycles. The number of fused-ring (bicyclic) bond motifs is 12. The minimum atomic E-state index is 0.0623. The summed E-state index contributed by atoms with van der Waals surface area (Å²) in [4.78, 5) is 16.7. The molecule has 2 atom stereocenters. The second kappa shape index (κ2) is 31.5. The van der Waals surface area contributed by atoms with Gasteiger partial charge in [-0.1, -0.05) is 200 Å². The quantitative estimate of drug-likeness (QED) is 0.0916. The summed E-state index contributed by atoms with van der Waals surface area (Å²) in [5, 5.41) is 4.70. The fraction of sp³-hybridized carbons (Fsp3) is 0.340. The molecule has 608 valence electrons. The third-order valence-corrected chi connectivity index (χ3v) is 26.5. The van der Waals surface area contributed by atoms with Crippen molar-refractivity contribution in [1.29, 1.82) is 0 Å². The Labute approximate surface area is 707 Å². The molecular formula is C100H119B4N11O4+2. The van der Waals surface area contributed by atoms with Gasteiger partial charge in [0, 0.05) is 80.4 Å². The Morgan fingerprint density at radius 3 is 1.24 bits per heavy atom. The smallest absolute Gasteiger partial charge is 0.423 e. The van der Waals surface area contributed by atoms with Crippen LogP contribution in [0.25, 0.3) is 90.7 Å². The Hall–Kier alpha value is -11.2. The number of benzene rings is 7. The van der Waals surface area contributed by atoms with Crippen molar-refractivity contribution >= 4 is 130 Å². The van der Waals surface area contributed by atoms with Gasteiger partial charge in [-0.25, -0.2) is 18.3 Å². The molecule has 19 rings (SSSR count). The fourth-order valence-electron chi connectivity index (χ4n) is 20.6. The van der Waals surface area contributed by atoms with Crippen LogP contribution in [0.15, 0.2) is 234 Å². The van der Waals surface area contributed by atoms with Gasteiger partial charge in [-0.15, -0.1) is 0 Å². The van der Waals surface area contributed by atoms with Crippen LogP contribution >= 0.6 is 0 Å². The standard InChI is InChI=1S/C34H37BN3O.C28H33BN3O.C21H29BN2O.C17H20BN3O/c1-22(2)28-20-26(25-13-9-8-10-14-25)21-29(23(3)4)32(28)38-18-17-36(6)34(38)35-24(5)19-31-33(37(35)7)27-15-11-12-16-30(27)39-31;1-18(2)21-12-10-13-22(19(3)4)26(21)32-16-15-30(6)28(32)29-20(5)17-25-27(31(29)7)23-11-8-9-14-24(23)33-25;1-14-12-17-16-10-8-9-11-18(16)25-19(17)23(7)22(14)24-15(2)20(3,4)13-21(24,5)6;1-12-11-16-17(14-7-5-6-8-15(14)22-16)20(4)18(12)21-10-9-19(3)13(21)2/h8-23H,1-7H3;8-19H,1-7H3;8-12,15H,13H2,1-7H3;5-11,13H,1-4H3/q2*+1;;/t;;;13-/m...0/s1. The van der Waals surface area contributed by atoms with Crippen molar-refractivity contribution in [3.63, 3.8) is 0 Å². The highest BCUT2D eigenvalue weighted by Gasteiger charge is 2.55. The van der Waals surface area contributed by atoms with E-state index < -0.39 is 0 Å². The highest BCUT2D eigenvalue weighted by atomic mass is 16.4. The van der Waals surface area contributed by atoms with Gasteiger partial charge in [0.1, 0.15) is 75.8 Å². The van der Waals surface area contributed by atoms with Gasteiger partial charge in [-0.3, -0.25) is 0 Å². The molecule has 0 spiro atoms. The summed E-state index contributed by atoms with van der Waals surface area (Å²) in [6.07, 6.45) is 23.7. The number of allylic oxidation sites excluding steroid dienone is 4. The summed E-state index contributed by atoms with van der Waals surface area (Å²) in [6, 6.07) is 56.1. The van der Waals surface area contributed by atoms with Gasteiger partial charge < -0.3 is 51.4 Å². The number of anilines is 4. The predicted molar refractivity (Wildman–Crippen MR) is 503 cm³/mol. The zero-order chi connectivity index (χ0) is 84.4. The SMILES string of the molecule is CC1=Cc2c(oc3ccccc23)N(C)B1N1C(C)C(C)(C)CC1(C)C.CC1=Cc2oc3ccccc3c2N(C)B1N1C=CN(C)[C@@H]1C.CC1=Cc2oc3ccccc3c2N(C)B1c1n(-c2c(C(C)C)cc(-c3ccccc3)cc2C(C)C)cc[n+]1C.CC1=Cc2oc3ccccc3c2N(C)B1c1n(-c2c(C(C)C)cccc2C(C)C)cc[n+]1C. The first-order valence-electron chi connectivity index (χ1n) is 42.9. The third-order valence-electron chi connectivity index (χ3n) is 26.5. The molecule has 6 aliphatic rings. The molecule has 0 aliphatic carbocycles. The van der Waals surface area contributed by atoms with Crippen molar-refractivity contribution in [2.75, 3.05) is 54.5 Å². The normalized spacial score (nSPS) is 17.5. The van der Waals surface area contributed by atoms with E-state index >= 15 is 0 Å². The molecular weight excluding hydrogens is 1460 g/mol. The van der Waals surface area contributed by atoms with E-state index in [1.54, 1.807) is 0 Å². The maximum Gasteiger partial charge on any atom is 0.423 e. The van der Waals surface area contributed by atoms with E-state index in [0.29, 0.717) is 41.3 Å². The van der Waals surface area contributed by atoms with E-state index in [4.69, 9.17) is 17.7 Å². The first-order chi connectivity index (χ1) is 56.8. The van der Waals surface area contributed by atoms with Gasteiger partial charge in [0.15, 0.2) is 5.88 Å². The molecule has 0 amide bonds. The number of nitrogens with zero attached hydrogens (tertiary/aromatic N) is 11. The van der Waals surface area contributed by atoms with E-state index in [1.165, 1.54) is 107 Å². The Balaban J connectivity index is 0.000000121. The minimum absolute atomic E-state index is 0.0623. The number of furan rings is 4. The molecule has 1 unspecified atom stereocenters. The van der Waals surface area contributed by atoms with Crippen LogP contribution in [0.5, 0.6) is 0 Å². The van der Waals surface area contributed by atoms with Crippen LogP contribution in [-0.4, -0.2) is 104 Å². The van der Waals surface area contributed by atoms with E-state index in [2.05, 4.69) is 415 Å². The van der Waals surface area contributed by atoms with E-state index in [9.17, 15) is 0 Å². The molecule has 0 radical (unpaired) electrons. The number of imidazole rings is 2. The number of rotatable bonds is 11. The van der Waals surface area contributed by atoms with Crippen LogP contribution in [-0.2, 0) is 14.1 Å². The first kappa shape index (κ1) is 81.6. The molecule has 13 aromatic rings. The molecule has 0 bridgehead atoms. The average Bonchev–Trinajstić information content (AvgIpc) is 1.56. The van der Waals surface area contributed by atoms with E-state index in [1.807, 2.05) is 30.3 Å². The van der Waals surface area contributed by atoms with Crippen LogP contribution in [0.4, 0.5) is 22.9 Å². The zero-order valence-corrected chi connectivity index (χ0v) is 74.8. The summed E-state index contributed by atoms with van der Waals surface area (Å²) in [6.45, 7) is 42.0. The zero-order valence-electron chi connectivity index (χ0n) is 74.8. The summed E-state index contributed by atoms with van der Waals surface area (Å²) < 4.78 is 34.2. The Kier molecular flexibility index (Phi) is 21.6. The van der Waals surface area contributed by atoms with Crippen LogP contribution in [0.1, 0.15) is 200 Å². The van der Waals surface area contributed by atoms with Crippen molar-refractivity contribution < 1.29 is 26.8 Å². The lowest BCUT2D eigenvalue weighted by Gasteiger charge is -2.45. The predicted octanol–water partition coefficient (Wildman–Crippen LogP) is 21.4. The number of aromatic nitrogens is 4. The molecule has 15 nitrogen and oxygen atoms in total. The van der Waals surface area contributed by atoms with Crippen molar-refractivity contribution in [1.82, 2.24) is 23.7 Å². The molecule has 12 heterocycles. The van der Waals surface area contributed by atoms with Gasteiger partial charge in [0.05, 0.1) is 37.3 Å². The second-order valence-electron chi connectivity index (χ2n) is 37.0. The van der Waals surface area contributed by atoms with Crippen molar-refractivity contribution in [3.8, 4) is 22.5 Å². The lowest BCUT2D eigenvalue weighted by molar-refractivity contribution is -0.653. The van der Waals surface area contributed by atoms with Crippen LogP contribution in [0, 0.1) is 5.41 Å². The van der Waals surface area contributed by atoms with E-state index in [-0.39, 0.29) is 33.2 Å². The monoisotopic (exact) mass is 1580 g/mol. The number of hydrogen-bond acceptors (Lipinski definition) is 11. The number of aryl methyl sites for hydroxylation is 2. The average molecular weight is 1580 g/mol. The third kappa shape index (κ3) is 14.2. The van der Waals surface area contributed by atoms with Gasteiger partial charge in [-0.05, 0) is 203 Å². The van der Waals surface area contributed by atoms with Gasteiger partial charge in [-0.2, -0.15) is 0 Å². The fourth-order valence-corrected chi connectivity index (χ4v) is 20.6. The Bertz CT molecular complexity index is 6140. The van der Waals surface area contributed by atoms with Crippen LogP contribution in [0.2, 0.25) is 0 Å². The van der Waals surface area contributed by atoms with Crippen LogP contribution < -0.4 is 39.8 Å². The highest BCUT2D eigenvalue weighted by Crippen LogP contribution is 2.51. The Morgan fingerprint density at radius 1 is 0.412 bits per heavy atom. The summed E-state index contributed by atoms with van der Waals surface area (Å²) in [7, 11) is 15.2. The molecule has 7 aromatic carbocycles. The first-order valence-corrected chi connectivity index (χ1v) is 42.9.